The Morgan fingerprint density at radius 1 is 1.25 bits per heavy atom. The molecule has 90 valence electrons. The highest BCUT2D eigenvalue weighted by Gasteiger charge is 1.95. The van der Waals surface area contributed by atoms with Gasteiger partial charge in [0.15, 0.2) is 0 Å². The molecule has 0 saturated carbocycles. The molecule has 0 radical (unpaired) electrons. The SMILES string of the molecule is COCCOCCNc1ccnc(OC)c1. The minimum absolute atomic E-state index is 0.602. The molecule has 1 heterocycles. The van der Waals surface area contributed by atoms with Gasteiger partial charge < -0.3 is 19.5 Å². The Bertz CT molecular complexity index is 294. The van der Waals surface area contributed by atoms with E-state index in [1.54, 1.807) is 20.4 Å². The van der Waals surface area contributed by atoms with Gasteiger partial charge in [0.25, 0.3) is 0 Å². The summed E-state index contributed by atoms with van der Waals surface area (Å²) in [7, 11) is 3.25. The van der Waals surface area contributed by atoms with Crippen LogP contribution in [-0.2, 0) is 9.47 Å². The Morgan fingerprint density at radius 2 is 2.12 bits per heavy atom. The average molecular weight is 226 g/mol. The summed E-state index contributed by atoms with van der Waals surface area (Å²) in [6, 6.07) is 3.73. The number of pyridine rings is 1. The first-order valence-corrected chi connectivity index (χ1v) is 5.17. The standard InChI is InChI=1S/C11H18N2O3/c1-14-7-8-16-6-5-12-10-3-4-13-11(9-10)15-2/h3-4,9H,5-8H2,1-2H3,(H,12,13). The molecular weight excluding hydrogens is 208 g/mol. The second-order valence-corrected chi connectivity index (χ2v) is 3.12. The number of hydrogen-bond donors (Lipinski definition) is 1. The predicted octanol–water partition coefficient (Wildman–Crippen LogP) is 1.17. The third kappa shape index (κ3) is 4.95. The first kappa shape index (κ1) is 12.7. The van der Waals surface area contributed by atoms with Gasteiger partial charge in [-0.1, -0.05) is 0 Å². The van der Waals surface area contributed by atoms with E-state index in [4.69, 9.17) is 14.2 Å². The van der Waals surface area contributed by atoms with Crippen LogP contribution in [0.15, 0.2) is 18.3 Å². The first-order chi connectivity index (χ1) is 7.86. The Morgan fingerprint density at radius 3 is 2.88 bits per heavy atom. The second kappa shape index (κ2) is 7.90. The third-order valence-corrected chi connectivity index (χ3v) is 1.95. The molecule has 0 aliphatic heterocycles. The van der Waals surface area contributed by atoms with Gasteiger partial charge in [-0.15, -0.1) is 0 Å². The summed E-state index contributed by atoms with van der Waals surface area (Å²) in [5.41, 5.74) is 0.974. The lowest BCUT2D eigenvalue weighted by atomic mass is 10.4. The van der Waals surface area contributed by atoms with Crippen LogP contribution in [0, 0.1) is 0 Å². The van der Waals surface area contributed by atoms with Crippen molar-refractivity contribution >= 4 is 5.69 Å². The summed E-state index contributed by atoms with van der Waals surface area (Å²) in [5.74, 6) is 0.602. The van der Waals surface area contributed by atoms with E-state index in [9.17, 15) is 0 Å². The Kier molecular flexibility index (Phi) is 6.29. The molecule has 0 aliphatic rings. The lowest BCUT2D eigenvalue weighted by Crippen LogP contribution is -2.12. The third-order valence-electron chi connectivity index (χ3n) is 1.95. The molecule has 0 unspecified atom stereocenters. The summed E-state index contributed by atoms with van der Waals surface area (Å²) in [6.07, 6.45) is 1.70. The lowest BCUT2D eigenvalue weighted by molar-refractivity contribution is 0.0759. The van der Waals surface area contributed by atoms with Crippen LogP contribution in [0.1, 0.15) is 0 Å². The minimum atomic E-state index is 0.602. The van der Waals surface area contributed by atoms with Crippen LogP contribution >= 0.6 is 0 Å². The van der Waals surface area contributed by atoms with E-state index in [0.717, 1.165) is 12.2 Å². The molecule has 1 N–H and O–H groups in total. The maximum Gasteiger partial charge on any atom is 0.214 e. The fourth-order valence-electron chi connectivity index (χ4n) is 1.14. The molecule has 1 aromatic heterocycles. The lowest BCUT2D eigenvalue weighted by Gasteiger charge is -2.07. The van der Waals surface area contributed by atoms with E-state index in [1.165, 1.54) is 0 Å². The van der Waals surface area contributed by atoms with Gasteiger partial charge in [-0.3, -0.25) is 0 Å². The number of aromatic nitrogens is 1. The average Bonchev–Trinajstić information content (AvgIpc) is 2.34. The van der Waals surface area contributed by atoms with Crippen molar-refractivity contribution in [2.24, 2.45) is 0 Å². The van der Waals surface area contributed by atoms with Gasteiger partial charge in [-0.05, 0) is 6.07 Å². The van der Waals surface area contributed by atoms with E-state index in [0.29, 0.717) is 25.7 Å². The largest absolute Gasteiger partial charge is 0.481 e. The van der Waals surface area contributed by atoms with Gasteiger partial charge >= 0.3 is 0 Å². The highest BCUT2D eigenvalue weighted by molar-refractivity contribution is 5.44. The normalized spacial score (nSPS) is 10.1. The summed E-state index contributed by atoms with van der Waals surface area (Å²) in [6.45, 7) is 2.64. The maximum absolute atomic E-state index is 5.32. The molecule has 0 saturated heterocycles. The molecule has 0 aromatic carbocycles. The van der Waals surface area contributed by atoms with Crippen molar-refractivity contribution in [3.05, 3.63) is 18.3 Å². The zero-order chi connectivity index (χ0) is 11.6. The van der Waals surface area contributed by atoms with Crippen LogP contribution in [0.3, 0.4) is 0 Å². The van der Waals surface area contributed by atoms with E-state index in [2.05, 4.69) is 10.3 Å². The van der Waals surface area contributed by atoms with Gasteiger partial charge in [0.2, 0.25) is 5.88 Å². The van der Waals surface area contributed by atoms with E-state index >= 15 is 0 Å². The first-order valence-electron chi connectivity index (χ1n) is 5.17. The van der Waals surface area contributed by atoms with E-state index in [1.807, 2.05) is 12.1 Å². The molecule has 0 spiro atoms. The quantitative estimate of drug-likeness (QED) is 0.674. The Labute approximate surface area is 95.7 Å². The highest BCUT2D eigenvalue weighted by Crippen LogP contribution is 2.12. The summed E-state index contributed by atoms with van der Waals surface area (Å²) in [5, 5.41) is 3.21. The number of nitrogens with one attached hydrogen (secondary N) is 1. The molecule has 1 rings (SSSR count). The molecule has 0 aliphatic carbocycles. The Balaban J connectivity index is 2.16. The molecule has 0 bridgehead atoms. The van der Waals surface area contributed by atoms with E-state index in [-0.39, 0.29) is 0 Å². The summed E-state index contributed by atoms with van der Waals surface area (Å²) in [4.78, 5) is 4.02. The zero-order valence-corrected chi connectivity index (χ0v) is 9.73. The number of anilines is 1. The van der Waals surface area contributed by atoms with Crippen molar-refractivity contribution in [2.75, 3.05) is 45.9 Å². The Hall–Kier alpha value is -1.33. The number of hydrogen-bond acceptors (Lipinski definition) is 5. The van der Waals surface area contributed by atoms with Gasteiger partial charge in [0.05, 0.1) is 26.9 Å². The molecule has 5 nitrogen and oxygen atoms in total. The van der Waals surface area contributed by atoms with E-state index < -0.39 is 0 Å². The van der Waals surface area contributed by atoms with Crippen molar-refractivity contribution in [2.45, 2.75) is 0 Å². The van der Waals surface area contributed by atoms with Gasteiger partial charge in [-0.25, -0.2) is 4.98 Å². The smallest absolute Gasteiger partial charge is 0.214 e. The van der Waals surface area contributed by atoms with Crippen molar-refractivity contribution in [1.82, 2.24) is 4.98 Å². The highest BCUT2D eigenvalue weighted by atomic mass is 16.5. The van der Waals surface area contributed by atoms with Crippen LogP contribution in [0.2, 0.25) is 0 Å². The summed E-state index contributed by atoms with van der Waals surface area (Å²) < 4.78 is 15.2. The van der Waals surface area contributed by atoms with Crippen LogP contribution in [-0.4, -0.2) is 45.6 Å². The van der Waals surface area contributed by atoms with Gasteiger partial charge in [0.1, 0.15) is 0 Å². The molecule has 0 amide bonds. The molecule has 1 aromatic rings. The fraction of sp³-hybridized carbons (Fsp3) is 0.545. The monoisotopic (exact) mass is 226 g/mol. The van der Waals surface area contributed by atoms with Crippen LogP contribution in [0.4, 0.5) is 5.69 Å². The number of nitrogens with zero attached hydrogens (tertiary/aromatic N) is 1. The second-order valence-electron chi connectivity index (χ2n) is 3.12. The van der Waals surface area contributed by atoms with Crippen molar-refractivity contribution in [3.63, 3.8) is 0 Å². The van der Waals surface area contributed by atoms with Crippen molar-refractivity contribution in [3.8, 4) is 5.88 Å². The zero-order valence-electron chi connectivity index (χ0n) is 9.73. The summed E-state index contributed by atoms with van der Waals surface area (Å²) >= 11 is 0. The molecule has 0 atom stereocenters. The molecular formula is C11H18N2O3. The molecule has 5 heteroatoms. The fourth-order valence-corrected chi connectivity index (χ4v) is 1.14. The van der Waals surface area contributed by atoms with Crippen molar-refractivity contribution < 1.29 is 14.2 Å². The van der Waals surface area contributed by atoms with Gasteiger partial charge in [0, 0.05) is 31.6 Å². The van der Waals surface area contributed by atoms with Crippen LogP contribution in [0.5, 0.6) is 5.88 Å². The van der Waals surface area contributed by atoms with Crippen LogP contribution in [0.25, 0.3) is 0 Å². The number of ether oxygens (including phenoxy) is 3. The molecule has 16 heavy (non-hydrogen) atoms. The topological polar surface area (TPSA) is 52.6 Å². The minimum Gasteiger partial charge on any atom is -0.481 e. The van der Waals surface area contributed by atoms with Crippen LogP contribution < -0.4 is 10.1 Å². The van der Waals surface area contributed by atoms with Gasteiger partial charge in [-0.2, -0.15) is 0 Å². The number of rotatable bonds is 8. The maximum atomic E-state index is 5.32. The predicted molar refractivity (Wildman–Crippen MR) is 62.0 cm³/mol. The molecule has 0 fully saturated rings. The van der Waals surface area contributed by atoms with Crippen molar-refractivity contribution in [1.29, 1.82) is 0 Å². The number of methoxy groups -OCH3 is 2.